The molecular weight excluding hydrogens is 271 g/mol. The molecule has 2 atom stereocenters. The lowest BCUT2D eigenvalue weighted by Crippen LogP contribution is -2.38. The first-order valence-electron chi connectivity index (χ1n) is 5.87. The number of rotatable bonds is 6. The van der Waals surface area contributed by atoms with Crippen LogP contribution in [0, 0.1) is 5.82 Å². The molecule has 102 valence electrons. The van der Waals surface area contributed by atoms with Gasteiger partial charge >= 0.3 is 0 Å². The number of benzene rings is 1. The molecule has 2 N–H and O–H groups in total. The maximum atomic E-state index is 14.0. The summed E-state index contributed by atoms with van der Waals surface area (Å²) in [6.45, 7) is 2.48. The van der Waals surface area contributed by atoms with Crippen LogP contribution >= 0.6 is 23.4 Å². The van der Waals surface area contributed by atoms with E-state index in [0.29, 0.717) is 18.2 Å². The maximum Gasteiger partial charge on any atom is 0.146 e. The van der Waals surface area contributed by atoms with Crippen molar-refractivity contribution >= 4 is 23.4 Å². The van der Waals surface area contributed by atoms with E-state index in [2.05, 4.69) is 18.1 Å². The van der Waals surface area contributed by atoms with Crippen molar-refractivity contribution in [2.24, 2.45) is 5.73 Å². The zero-order valence-electron chi connectivity index (χ0n) is 11.0. The van der Waals surface area contributed by atoms with Gasteiger partial charge in [0.05, 0.1) is 5.02 Å². The SMILES string of the molecule is CSCC(C)N(C)C(CN)c1cccc(Cl)c1F. The fraction of sp³-hybridized carbons (Fsp3) is 0.538. The first-order valence-corrected chi connectivity index (χ1v) is 7.65. The Kier molecular flexibility index (Phi) is 6.43. The predicted octanol–water partition coefficient (Wildman–Crippen LogP) is 3.16. The van der Waals surface area contributed by atoms with Crippen molar-refractivity contribution in [2.45, 2.75) is 19.0 Å². The summed E-state index contributed by atoms with van der Waals surface area (Å²) in [5.41, 5.74) is 6.37. The molecule has 0 heterocycles. The number of thioether (sulfide) groups is 1. The topological polar surface area (TPSA) is 29.3 Å². The lowest BCUT2D eigenvalue weighted by atomic mass is 10.0. The first kappa shape index (κ1) is 15.8. The number of nitrogens with two attached hydrogens (primary N) is 1. The summed E-state index contributed by atoms with van der Waals surface area (Å²) in [5, 5.41) is 0.150. The molecule has 1 rings (SSSR count). The van der Waals surface area contributed by atoms with Crippen LogP contribution in [-0.2, 0) is 0 Å². The van der Waals surface area contributed by atoms with E-state index in [1.807, 2.05) is 7.05 Å². The van der Waals surface area contributed by atoms with Gasteiger partial charge in [-0.3, -0.25) is 4.90 Å². The highest BCUT2D eigenvalue weighted by molar-refractivity contribution is 7.98. The van der Waals surface area contributed by atoms with Gasteiger partial charge < -0.3 is 5.73 Å². The molecule has 0 saturated heterocycles. The second-order valence-electron chi connectivity index (χ2n) is 4.36. The van der Waals surface area contributed by atoms with Crippen molar-refractivity contribution in [1.29, 1.82) is 0 Å². The molecule has 1 aromatic carbocycles. The Morgan fingerprint density at radius 3 is 2.72 bits per heavy atom. The van der Waals surface area contributed by atoms with Crippen LogP contribution in [0.2, 0.25) is 5.02 Å². The predicted molar refractivity (Wildman–Crippen MR) is 78.8 cm³/mol. The van der Waals surface area contributed by atoms with Crippen LogP contribution < -0.4 is 5.73 Å². The largest absolute Gasteiger partial charge is 0.329 e. The molecule has 0 aromatic heterocycles. The molecule has 2 unspecified atom stereocenters. The normalized spacial score (nSPS) is 14.8. The maximum absolute atomic E-state index is 14.0. The van der Waals surface area contributed by atoms with Gasteiger partial charge in [0.15, 0.2) is 0 Å². The fourth-order valence-corrected chi connectivity index (χ4v) is 2.86. The summed E-state index contributed by atoms with van der Waals surface area (Å²) in [5.74, 6) is 0.618. The molecule has 0 aliphatic heterocycles. The van der Waals surface area contributed by atoms with Crippen molar-refractivity contribution in [1.82, 2.24) is 4.90 Å². The molecule has 0 aliphatic rings. The van der Waals surface area contributed by atoms with Crippen LogP contribution in [0.4, 0.5) is 4.39 Å². The number of nitrogens with zero attached hydrogens (tertiary/aromatic N) is 1. The van der Waals surface area contributed by atoms with Gasteiger partial charge in [0.2, 0.25) is 0 Å². The number of hydrogen-bond donors (Lipinski definition) is 1. The van der Waals surface area contributed by atoms with E-state index in [0.717, 1.165) is 5.75 Å². The third-order valence-corrected chi connectivity index (χ3v) is 4.27. The monoisotopic (exact) mass is 290 g/mol. The Bertz CT molecular complexity index is 389. The van der Waals surface area contributed by atoms with E-state index >= 15 is 0 Å². The third-order valence-electron chi connectivity index (χ3n) is 3.16. The number of halogens is 2. The van der Waals surface area contributed by atoms with Crippen LogP contribution in [0.15, 0.2) is 18.2 Å². The van der Waals surface area contributed by atoms with E-state index in [-0.39, 0.29) is 16.9 Å². The minimum absolute atomic E-state index is 0.147. The Morgan fingerprint density at radius 2 is 2.17 bits per heavy atom. The van der Waals surface area contributed by atoms with Gasteiger partial charge in [-0.05, 0) is 26.3 Å². The zero-order chi connectivity index (χ0) is 13.7. The van der Waals surface area contributed by atoms with Crippen molar-refractivity contribution < 1.29 is 4.39 Å². The minimum atomic E-state index is -0.363. The highest BCUT2D eigenvalue weighted by atomic mass is 35.5. The molecule has 0 radical (unpaired) electrons. The van der Waals surface area contributed by atoms with Gasteiger partial charge in [-0.25, -0.2) is 4.39 Å². The quantitative estimate of drug-likeness (QED) is 0.873. The zero-order valence-corrected chi connectivity index (χ0v) is 12.6. The van der Waals surface area contributed by atoms with E-state index in [4.69, 9.17) is 17.3 Å². The van der Waals surface area contributed by atoms with Crippen LogP contribution in [0.5, 0.6) is 0 Å². The number of likely N-dealkylation sites (N-methyl/N-ethyl adjacent to an activating group) is 1. The molecule has 0 bridgehead atoms. The van der Waals surface area contributed by atoms with Crippen LogP contribution in [0.3, 0.4) is 0 Å². The molecule has 18 heavy (non-hydrogen) atoms. The van der Waals surface area contributed by atoms with E-state index in [1.165, 1.54) is 0 Å². The van der Waals surface area contributed by atoms with Crippen molar-refractivity contribution in [3.63, 3.8) is 0 Å². The van der Waals surface area contributed by atoms with Gasteiger partial charge in [-0.1, -0.05) is 23.7 Å². The molecule has 0 saturated carbocycles. The molecule has 0 amide bonds. The molecule has 1 aromatic rings. The highest BCUT2D eigenvalue weighted by Crippen LogP contribution is 2.27. The van der Waals surface area contributed by atoms with Crippen LogP contribution in [0.25, 0.3) is 0 Å². The van der Waals surface area contributed by atoms with Gasteiger partial charge in [0, 0.05) is 29.9 Å². The van der Waals surface area contributed by atoms with Crippen molar-refractivity contribution in [3.8, 4) is 0 Å². The summed E-state index contributed by atoms with van der Waals surface area (Å²) in [6, 6.07) is 5.24. The lowest BCUT2D eigenvalue weighted by Gasteiger charge is -2.32. The average molecular weight is 291 g/mol. The summed E-state index contributed by atoms with van der Waals surface area (Å²) < 4.78 is 14.0. The van der Waals surface area contributed by atoms with E-state index in [9.17, 15) is 4.39 Å². The summed E-state index contributed by atoms with van der Waals surface area (Å²) in [4.78, 5) is 2.10. The highest BCUT2D eigenvalue weighted by Gasteiger charge is 2.23. The van der Waals surface area contributed by atoms with Crippen LogP contribution in [-0.4, -0.2) is 36.5 Å². The standard InChI is InChI=1S/C13H20ClFN2S/c1-9(8-18-3)17(2)12(7-16)10-5-4-6-11(14)13(10)15/h4-6,9,12H,7-8,16H2,1-3H3. The molecule has 0 spiro atoms. The minimum Gasteiger partial charge on any atom is -0.329 e. The smallest absolute Gasteiger partial charge is 0.146 e. The van der Waals surface area contributed by atoms with E-state index < -0.39 is 0 Å². The first-order chi connectivity index (χ1) is 8.52. The van der Waals surface area contributed by atoms with Crippen LogP contribution in [0.1, 0.15) is 18.5 Å². The summed E-state index contributed by atoms with van der Waals surface area (Å²) in [7, 11) is 1.97. The Hall–Kier alpha value is -0.290. The second kappa shape index (κ2) is 7.34. The Morgan fingerprint density at radius 1 is 1.50 bits per heavy atom. The number of hydrogen-bond acceptors (Lipinski definition) is 3. The Labute approximate surface area is 118 Å². The van der Waals surface area contributed by atoms with Crippen molar-refractivity contribution in [2.75, 3.05) is 25.6 Å². The van der Waals surface area contributed by atoms with Gasteiger partial charge in [0.25, 0.3) is 0 Å². The lowest BCUT2D eigenvalue weighted by molar-refractivity contribution is 0.200. The summed E-state index contributed by atoms with van der Waals surface area (Å²) >= 11 is 7.59. The van der Waals surface area contributed by atoms with Gasteiger partial charge in [0.1, 0.15) is 5.82 Å². The Balaban J connectivity index is 2.98. The second-order valence-corrected chi connectivity index (χ2v) is 5.68. The third kappa shape index (κ3) is 3.60. The van der Waals surface area contributed by atoms with Gasteiger partial charge in [-0.15, -0.1) is 0 Å². The molecule has 0 aliphatic carbocycles. The summed E-state index contributed by atoms with van der Waals surface area (Å²) in [6.07, 6.45) is 2.06. The fourth-order valence-electron chi connectivity index (χ4n) is 1.96. The average Bonchev–Trinajstić information content (AvgIpc) is 2.35. The molecule has 0 fully saturated rings. The molecule has 2 nitrogen and oxygen atoms in total. The molecule has 5 heteroatoms. The van der Waals surface area contributed by atoms with E-state index in [1.54, 1.807) is 30.0 Å². The van der Waals surface area contributed by atoms with Crippen molar-refractivity contribution in [3.05, 3.63) is 34.6 Å². The molecular formula is C13H20ClFN2S. The van der Waals surface area contributed by atoms with Gasteiger partial charge in [-0.2, -0.15) is 11.8 Å².